The van der Waals surface area contributed by atoms with Crippen LogP contribution in [0, 0.1) is 6.92 Å². The molecule has 0 radical (unpaired) electrons. The highest BCUT2D eigenvalue weighted by molar-refractivity contribution is 7.89. The molecule has 0 aliphatic carbocycles. The van der Waals surface area contributed by atoms with Crippen molar-refractivity contribution in [2.45, 2.75) is 76.5 Å². The molecule has 5 amide bonds. The van der Waals surface area contributed by atoms with Gasteiger partial charge < -0.3 is 30.9 Å². The Labute approximate surface area is 322 Å². The Morgan fingerprint density at radius 2 is 1.84 bits per heavy atom. The molecule has 6 rings (SSSR count). The molecule has 2 aromatic carbocycles. The number of hydrogen-bond donors (Lipinski definition) is 6. The van der Waals surface area contributed by atoms with E-state index in [0.29, 0.717) is 54.8 Å². The third-order valence-corrected chi connectivity index (χ3v) is 11.4. The average molecular weight is 790 g/mol. The van der Waals surface area contributed by atoms with Crippen molar-refractivity contribution in [3.8, 4) is 5.75 Å². The maximum Gasteiger partial charge on any atom is 0.315 e. The molecule has 55 heavy (non-hydrogen) atoms. The molecule has 18 heteroatoms. The van der Waals surface area contributed by atoms with Gasteiger partial charge in [0.25, 0.3) is 5.91 Å². The quantitative estimate of drug-likeness (QED) is 0.0777. The van der Waals surface area contributed by atoms with Crippen LogP contribution in [0.15, 0.2) is 65.0 Å². The lowest BCUT2D eigenvalue weighted by Gasteiger charge is -2.29. The number of urea groups is 1. The van der Waals surface area contributed by atoms with Gasteiger partial charge in [-0.3, -0.25) is 19.7 Å². The molecule has 4 heterocycles. The van der Waals surface area contributed by atoms with Crippen LogP contribution in [-0.4, -0.2) is 71.8 Å². The van der Waals surface area contributed by atoms with Gasteiger partial charge in [0.2, 0.25) is 27.8 Å². The highest BCUT2D eigenvalue weighted by Crippen LogP contribution is 2.34. The van der Waals surface area contributed by atoms with E-state index in [0.717, 1.165) is 21.7 Å². The summed E-state index contributed by atoms with van der Waals surface area (Å²) in [7, 11) is -3.71. The third-order valence-electron chi connectivity index (χ3n) is 8.60. The van der Waals surface area contributed by atoms with Crippen LogP contribution in [0.2, 0.25) is 0 Å². The molecule has 2 aliphatic rings. The number of aryl methyl sites for hydroxylation is 1. The second-order valence-corrected chi connectivity index (χ2v) is 16.8. The van der Waals surface area contributed by atoms with Gasteiger partial charge in [-0.1, -0.05) is 6.07 Å². The standard InChI is InChI=1S/C37H43N9O7S2/c1-22-18-39-35(44-32(22)41-24-7-5-8-26(17-24)55(51,52)45-37(2,3)4)42-23-9-11-25(12-10-23)53-16-6-15-38-36(50)40-19-30-27-20-46(34(49)28(27)21-54-30)29-13-14-31(47)43-33(29)48/h5,7-12,17-18,21,29,45H,6,13-16,19-20H2,1-4H3,(H2,38,40,50)(H,43,47,48)(H2,39,41,42,44). The lowest BCUT2D eigenvalue weighted by Crippen LogP contribution is -2.52. The van der Waals surface area contributed by atoms with Crippen molar-refractivity contribution in [3.05, 3.63) is 81.7 Å². The number of anilines is 4. The van der Waals surface area contributed by atoms with Crippen molar-refractivity contribution in [2.75, 3.05) is 23.8 Å². The second kappa shape index (κ2) is 16.4. The molecule has 4 aromatic rings. The van der Waals surface area contributed by atoms with Gasteiger partial charge in [0.1, 0.15) is 17.6 Å². The number of imide groups is 1. The van der Waals surface area contributed by atoms with Gasteiger partial charge >= 0.3 is 6.03 Å². The SMILES string of the molecule is Cc1cnc(Nc2ccc(OCCCNC(=O)NCc3scc4c3CN(C3CCC(=O)NC3=O)C4=O)cc2)nc1Nc1cccc(S(=O)(=O)NC(C)(C)C)c1. The van der Waals surface area contributed by atoms with E-state index in [-0.39, 0.29) is 42.3 Å². The number of rotatable bonds is 14. The molecule has 2 aliphatic heterocycles. The van der Waals surface area contributed by atoms with E-state index in [1.54, 1.807) is 62.7 Å². The Morgan fingerprint density at radius 1 is 1.05 bits per heavy atom. The number of nitrogens with zero attached hydrogens (tertiary/aromatic N) is 3. The topological polar surface area (TPSA) is 213 Å². The van der Waals surface area contributed by atoms with Crippen molar-refractivity contribution < 1.29 is 32.3 Å². The molecule has 1 fully saturated rings. The van der Waals surface area contributed by atoms with Gasteiger partial charge in [-0.2, -0.15) is 4.98 Å². The maximum absolute atomic E-state index is 12.9. The summed E-state index contributed by atoms with van der Waals surface area (Å²) in [5.41, 5.74) is 2.76. The summed E-state index contributed by atoms with van der Waals surface area (Å²) < 4.78 is 34.2. The Kier molecular flexibility index (Phi) is 11.7. The van der Waals surface area contributed by atoms with Crippen LogP contribution in [-0.2, 0) is 32.7 Å². The molecule has 16 nitrogen and oxygen atoms in total. The normalized spacial score (nSPS) is 15.7. The average Bonchev–Trinajstić information content (AvgIpc) is 3.67. The molecule has 6 N–H and O–H groups in total. The summed E-state index contributed by atoms with van der Waals surface area (Å²) >= 11 is 1.38. The van der Waals surface area contributed by atoms with Gasteiger partial charge in [0.15, 0.2) is 0 Å². The Hall–Kier alpha value is -5.59. The third kappa shape index (κ3) is 9.94. The number of sulfonamides is 1. The number of carbonyl (C=O) groups excluding carboxylic acids is 4. The van der Waals surface area contributed by atoms with E-state index in [9.17, 15) is 27.6 Å². The first-order valence-corrected chi connectivity index (χ1v) is 20.0. The van der Waals surface area contributed by atoms with E-state index in [4.69, 9.17) is 4.74 Å². The molecule has 290 valence electrons. The van der Waals surface area contributed by atoms with Crippen molar-refractivity contribution in [2.24, 2.45) is 0 Å². The fraction of sp³-hybridized carbons (Fsp3) is 0.351. The molecule has 0 saturated carbocycles. The first-order valence-electron chi connectivity index (χ1n) is 17.7. The number of fused-ring (bicyclic) bond motifs is 1. The molecule has 0 spiro atoms. The number of carbonyl (C=O) groups is 4. The summed E-state index contributed by atoms with van der Waals surface area (Å²) in [6.45, 7) is 8.45. The monoisotopic (exact) mass is 789 g/mol. The summed E-state index contributed by atoms with van der Waals surface area (Å²) in [6.07, 6.45) is 2.71. The summed E-state index contributed by atoms with van der Waals surface area (Å²) in [5.74, 6) is 0.472. The van der Waals surface area contributed by atoms with Crippen LogP contribution in [0.5, 0.6) is 5.75 Å². The molecule has 2 aromatic heterocycles. The predicted molar refractivity (Wildman–Crippen MR) is 207 cm³/mol. The van der Waals surface area contributed by atoms with Crippen LogP contribution >= 0.6 is 11.3 Å². The Morgan fingerprint density at radius 3 is 2.58 bits per heavy atom. The number of benzene rings is 2. The molecule has 1 saturated heterocycles. The Bertz CT molecular complexity index is 2200. The van der Waals surface area contributed by atoms with Crippen molar-refractivity contribution in [1.82, 2.24) is 35.5 Å². The van der Waals surface area contributed by atoms with Crippen LogP contribution in [0.25, 0.3) is 0 Å². The molecule has 1 unspecified atom stereocenters. The van der Waals surface area contributed by atoms with Crippen LogP contribution < -0.4 is 36.0 Å². The number of thiophene rings is 1. The van der Waals surface area contributed by atoms with Gasteiger partial charge in [-0.15, -0.1) is 11.3 Å². The Balaban J connectivity index is 0.919. The largest absolute Gasteiger partial charge is 0.494 e. The van der Waals surface area contributed by atoms with Gasteiger partial charge in [-0.25, -0.2) is 22.9 Å². The van der Waals surface area contributed by atoms with Crippen molar-refractivity contribution >= 4 is 68.3 Å². The van der Waals surface area contributed by atoms with Gasteiger partial charge in [0, 0.05) is 58.4 Å². The van der Waals surface area contributed by atoms with Crippen molar-refractivity contribution in [1.29, 1.82) is 0 Å². The van der Waals surface area contributed by atoms with Crippen LogP contribution in [0.1, 0.15) is 66.4 Å². The van der Waals surface area contributed by atoms with E-state index >= 15 is 0 Å². The molecular weight excluding hydrogens is 747 g/mol. The van der Waals surface area contributed by atoms with Crippen LogP contribution in [0.3, 0.4) is 0 Å². The van der Waals surface area contributed by atoms with E-state index in [1.807, 2.05) is 19.1 Å². The van der Waals surface area contributed by atoms with E-state index in [2.05, 4.69) is 41.3 Å². The number of aromatic nitrogens is 2. The molecule has 0 bridgehead atoms. The highest BCUT2D eigenvalue weighted by Gasteiger charge is 2.40. The fourth-order valence-corrected chi connectivity index (χ4v) is 8.41. The van der Waals surface area contributed by atoms with E-state index in [1.165, 1.54) is 22.3 Å². The zero-order valence-electron chi connectivity index (χ0n) is 30.8. The van der Waals surface area contributed by atoms with Crippen LogP contribution in [0.4, 0.5) is 27.9 Å². The first-order chi connectivity index (χ1) is 26.1. The van der Waals surface area contributed by atoms with Gasteiger partial charge in [0.05, 0.1) is 23.6 Å². The van der Waals surface area contributed by atoms with Crippen molar-refractivity contribution in [3.63, 3.8) is 0 Å². The predicted octanol–water partition coefficient (Wildman–Crippen LogP) is 4.44. The minimum Gasteiger partial charge on any atom is -0.494 e. The molecular formula is C37H43N9O7S2. The zero-order valence-corrected chi connectivity index (χ0v) is 32.4. The summed E-state index contributed by atoms with van der Waals surface area (Å²) in [5, 5.41) is 16.0. The number of piperidine rings is 1. The van der Waals surface area contributed by atoms with Gasteiger partial charge in [-0.05, 0) is 88.6 Å². The lowest BCUT2D eigenvalue weighted by atomic mass is 10.0. The maximum atomic E-state index is 12.9. The smallest absolute Gasteiger partial charge is 0.315 e. The number of ether oxygens (including phenoxy) is 1. The zero-order chi connectivity index (χ0) is 39.3. The summed E-state index contributed by atoms with van der Waals surface area (Å²) in [4.78, 5) is 60.6. The number of nitrogens with one attached hydrogen (secondary N) is 6. The number of amides is 5. The molecule has 1 atom stereocenters. The lowest BCUT2D eigenvalue weighted by molar-refractivity contribution is -0.136. The number of hydrogen-bond acceptors (Lipinski definition) is 12. The van der Waals surface area contributed by atoms with E-state index < -0.39 is 27.5 Å². The first kappa shape index (κ1) is 39.1. The minimum atomic E-state index is -3.71. The second-order valence-electron chi connectivity index (χ2n) is 14.1. The summed E-state index contributed by atoms with van der Waals surface area (Å²) in [6, 6.07) is 12.7. The minimum absolute atomic E-state index is 0.137. The fourth-order valence-electron chi connectivity index (χ4n) is 5.97. The highest BCUT2D eigenvalue weighted by atomic mass is 32.2.